The van der Waals surface area contributed by atoms with E-state index in [0.717, 1.165) is 0 Å². The Morgan fingerprint density at radius 1 is 1.64 bits per heavy atom. The van der Waals surface area contributed by atoms with Crippen LogP contribution in [-0.4, -0.2) is 6.67 Å². The molecule has 0 spiro atoms. The number of halogens is 2. The summed E-state index contributed by atoms with van der Waals surface area (Å²) in [6, 6.07) is 2.87. The molecule has 0 aromatic carbocycles. The molecule has 0 radical (unpaired) electrons. The van der Waals surface area contributed by atoms with E-state index in [2.05, 4.69) is 0 Å². The fourth-order valence-electron chi connectivity index (χ4n) is 0.787. The van der Waals surface area contributed by atoms with Crippen LogP contribution in [0.3, 0.4) is 0 Å². The lowest BCUT2D eigenvalue weighted by Crippen LogP contribution is -2.09. The summed E-state index contributed by atoms with van der Waals surface area (Å²) in [5, 5.41) is 0.286. The van der Waals surface area contributed by atoms with Crippen LogP contribution in [0.25, 0.3) is 0 Å². The summed E-state index contributed by atoms with van der Waals surface area (Å²) >= 11 is 5.49. The second kappa shape index (κ2) is 3.74. The van der Waals surface area contributed by atoms with Gasteiger partial charge in [-0.3, -0.25) is 4.39 Å². The van der Waals surface area contributed by atoms with Crippen LogP contribution in [0.4, 0.5) is 4.39 Å². The topological polar surface area (TPSA) is 39.2 Å². The Morgan fingerprint density at radius 3 is 2.82 bits per heavy atom. The molecule has 1 atom stereocenters. The lowest BCUT2D eigenvalue weighted by Gasteiger charge is -2.03. The van der Waals surface area contributed by atoms with Gasteiger partial charge in [0, 0.05) is 0 Å². The van der Waals surface area contributed by atoms with Gasteiger partial charge in [-0.1, -0.05) is 0 Å². The minimum atomic E-state index is -0.445. The lowest BCUT2D eigenvalue weighted by atomic mass is 10.2. The largest absolute Gasteiger partial charge is 0.448 e. The molecule has 0 aliphatic carbocycles. The van der Waals surface area contributed by atoms with Crippen molar-refractivity contribution in [3.05, 3.63) is 23.1 Å². The molecular weight excluding hydrogens is 169 g/mol. The van der Waals surface area contributed by atoms with Crippen LogP contribution in [0.1, 0.15) is 18.2 Å². The smallest absolute Gasteiger partial charge is 0.193 e. The number of rotatable bonds is 3. The van der Waals surface area contributed by atoms with Crippen molar-refractivity contribution in [2.75, 3.05) is 6.67 Å². The molecule has 2 N–H and O–H groups in total. The van der Waals surface area contributed by atoms with Gasteiger partial charge in [0.15, 0.2) is 5.22 Å². The van der Waals surface area contributed by atoms with E-state index in [0.29, 0.717) is 5.76 Å². The minimum absolute atomic E-state index is 0.268. The van der Waals surface area contributed by atoms with Gasteiger partial charge in [0.25, 0.3) is 0 Å². The van der Waals surface area contributed by atoms with E-state index >= 15 is 0 Å². The van der Waals surface area contributed by atoms with E-state index in [1.54, 1.807) is 12.1 Å². The fraction of sp³-hybridized carbons (Fsp3) is 0.429. The first kappa shape index (κ1) is 8.56. The van der Waals surface area contributed by atoms with Gasteiger partial charge in [0.2, 0.25) is 0 Å². The summed E-state index contributed by atoms with van der Waals surface area (Å²) in [5.41, 5.74) is 5.53. The van der Waals surface area contributed by atoms with Gasteiger partial charge in [-0.05, 0) is 30.2 Å². The predicted octanol–water partition coefficient (Wildman–Crippen LogP) is 2.29. The first-order valence-corrected chi connectivity index (χ1v) is 3.68. The van der Waals surface area contributed by atoms with Gasteiger partial charge in [-0.15, -0.1) is 0 Å². The Hall–Kier alpha value is -0.540. The molecule has 0 fully saturated rings. The van der Waals surface area contributed by atoms with Crippen molar-refractivity contribution < 1.29 is 8.81 Å². The molecule has 1 heterocycles. The van der Waals surface area contributed by atoms with Crippen molar-refractivity contribution in [1.82, 2.24) is 0 Å². The third kappa shape index (κ3) is 2.20. The average molecular weight is 178 g/mol. The zero-order valence-electron chi connectivity index (χ0n) is 5.89. The number of alkyl halides is 1. The van der Waals surface area contributed by atoms with Crippen molar-refractivity contribution in [3.8, 4) is 0 Å². The van der Waals surface area contributed by atoms with E-state index in [9.17, 15) is 4.39 Å². The highest BCUT2D eigenvalue weighted by molar-refractivity contribution is 6.28. The molecule has 2 nitrogen and oxygen atoms in total. The third-order valence-electron chi connectivity index (χ3n) is 1.38. The Labute approximate surface area is 69.1 Å². The minimum Gasteiger partial charge on any atom is -0.448 e. The third-order valence-corrected chi connectivity index (χ3v) is 1.58. The molecular formula is C7H9ClFNO. The highest BCUT2D eigenvalue weighted by atomic mass is 35.5. The molecule has 62 valence electrons. The highest BCUT2D eigenvalue weighted by Crippen LogP contribution is 2.20. The molecule has 1 rings (SSSR count). The molecule has 11 heavy (non-hydrogen) atoms. The molecule has 0 saturated heterocycles. The lowest BCUT2D eigenvalue weighted by molar-refractivity contribution is 0.397. The standard InChI is InChI=1S/C7H9ClFNO/c8-7-2-1-6(11-7)5(10)3-4-9/h1-2,5H,3-4,10H2/t5-/m0/s1. The van der Waals surface area contributed by atoms with Crippen molar-refractivity contribution in [2.45, 2.75) is 12.5 Å². The predicted molar refractivity (Wildman–Crippen MR) is 41.2 cm³/mol. The van der Waals surface area contributed by atoms with Crippen LogP contribution < -0.4 is 5.73 Å². The van der Waals surface area contributed by atoms with Crippen molar-refractivity contribution >= 4 is 11.6 Å². The summed E-state index contributed by atoms with van der Waals surface area (Å²) in [6.07, 6.45) is 0.268. The van der Waals surface area contributed by atoms with E-state index < -0.39 is 6.67 Å². The summed E-state index contributed by atoms with van der Waals surface area (Å²) < 4.78 is 16.8. The normalized spacial score (nSPS) is 13.4. The molecule has 0 saturated carbocycles. The molecule has 0 amide bonds. The molecule has 1 aromatic rings. The van der Waals surface area contributed by atoms with Crippen molar-refractivity contribution in [2.24, 2.45) is 5.73 Å². The quantitative estimate of drug-likeness (QED) is 0.770. The van der Waals surface area contributed by atoms with Crippen LogP contribution in [-0.2, 0) is 0 Å². The summed E-state index contributed by atoms with van der Waals surface area (Å²) in [4.78, 5) is 0. The molecule has 0 aliphatic rings. The summed E-state index contributed by atoms with van der Waals surface area (Å²) in [7, 11) is 0. The monoisotopic (exact) mass is 177 g/mol. The maximum Gasteiger partial charge on any atom is 0.193 e. The number of furan rings is 1. The van der Waals surface area contributed by atoms with E-state index in [1.807, 2.05) is 0 Å². The Bertz CT molecular complexity index is 226. The van der Waals surface area contributed by atoms with Crippen LogP contribution >= 0.6 is 11.6 Å². The SMILES string of the molecule is N[C@@H](CCF)c1ccc(Cl)o1. The van der Waals surface area contributed by atoms with Gasteiger partial charge >= 0.3 is 0 Å². The Morgan fingerprint density at radius 2 is 2.36 bits per heavy atom. The van der Waals surface area contributed by atoms with Crippen molar-refractivity contribution in [3.63, 3.8) is 0 Å². The molecule has 4 heteroatoms. The Balaban J connectivity index is 2.60. The van der Waals surface area contributed by atoms with Gasteiger partial charge in [0.1, 0.15) is 5.76 Å². The number of nitrogens with two attached hydrogens (primary N) is 1. The first-order chi connectivity index (χ1) is 5.24. The van der Waals surface area contributed by atoms with E-state index in [1.165, 1.54) is 0 Å². The zero-order chi connectivity index (χ0) is 8.27. The van der Waals surface area contributed by atoms with Gasteiger partial charge in [0.05, 0.1) is 12.7 Å². The average Bonchev–Trinajstić information content (AvgIpc) is 2.36. The van der Waals surface area contributed by atoms with Crippen LogP contribution in [0.5, 0.6) is 0 Å². The number of hydrogen-bond donors (Lipinski definition) is 1. The fourth-order valence-corrected chi connectivity index (χ4v) is 0.939. The van der Waals surface area contributed by atoms with Crippen LogP contribution in [0.15, 0.2) is 16.5 Å². The maximum atomic E-state index is 11.8. The van der Waals surface area contributed by atoms with Crippen LogP contribution in [0.2, 0.25) is 5.22 Å². The van der Waals surface area contributed by atoms with Crippen molar-refractivity contribution in [1.29, 1.82) is 0 Å². The zero-order valence-corrected chi connectivity index (χ0v) is 6.64. The second-order valence-electron chi connectivity index (χ2n) is 2.23. The highest BCUT2D eigenvalue weighted by Gasteiger charge is 2.09. The molecule has 0 unspecified atom stereocenters. The Kier molecular flexibility index (Phi) is 2.91. The summed E-state index contributed by atoms with van der Waals surface area (Å²) in [5.74, 6) is 0.535. The number of hydrogen-bond acceptors (Lipinski definition) is 2. The second-order valence-corrected chi connectivity index (χ2v) is 2.60. The van der Waals surface area contributed by atoms with Gasteiger partial charge < -0.3 is 10.2 Å². The first-order valence-electron chi connectivity index (χ1n) is 3.31. The van der Waals surface area contributed by atoms with E-state index in [-0.39, 0.29) is 17.7 Å². The van der Waals surface area contributed by atoms with Gasteiger partial charge in [-0.2, -0.15) is 0 Å². The summed E-state index contributed by atoms with van der Waals surface area (Å²) in [6.45, 7) is -0.445. The molecule has 0 aliphatic heterocycles. The van der Waals surface area contributed by atoms with Crippen LogP contribution in [0, 0.1) is 0 Å². The van der Waals surface area contributed by atoms with E-state index in [4.69, 9.17) is 21.8 Å². The molecule has 0 bridgehead atoms. The van der Waals surface area contributed by atoms with Gasteiger partial charge in [-0.25, -0.2) is 0 Å². The maximum absolute atomic E-state index is 11.8. The molecule has 1 aromatic heterocycles.